The van der Waals surface area contributed by atoms with Gasteiger partial charge >= 0.3 is 0 Å². The zero-order valence-corrected chi connectivity index (χ0v) is 23.2. The molecule has 0 saturated carbocycles. The van der Waals surface area contributed by atoms with Gasteiger partial charge in [0.1, 0.15) is 24.7 Å². The molecule has 40 heavy (non-hydrogen) atoms. The van der Waals surface area contributed by atoms with Gasteiger partial charge in [-0.05, 0) is 73.5 Å². The van der Waals surface area contributed by atoms with Crippen LogP contribution in [0.25, 0.3) is 0 Å². The Bertz CT molecular complexity index is 1540. The van der Waals surface area contributed by atoms with Crippen LogP contribution in [0, 0.1) is 6.92 Å². The zero-order valence-electron chi connectivity index (χ0n) is 22.4. The predicted octanol–water partition coefficient (Wildman–Crippen LogP) is 5.32. The summed E-state index contributed by atoms with van der Waals surface area (Å²) in [6.45, 7) is 4.14. The van der Waals surface area contributed by atoms with Crippen LogP contribution in [-0.4, -0.2) is 33.7 Å². The number of sulfonamides is 1. The number of carbonyl (C=O) groups is 1. The quantitative estimate of drug-likeness (QED) is 0.188. The fourth-order valence-corrected chi connectivity index (χ4v) is 5.26. The summed E-state index contributed by atoms with van der Waals surface area (Å²) in [5.74, 6) is 0.446. The number of amides is 1. The molecule has 4 aromatic rings. The number of hydrazone groups is 1. The third-order valence-electron chi connectivity index (χ3n) is 5.86. The second kappa shape index (κ2) is 13.4. The summed E-state index contributed by atoms with van der Waals surface area (Å²) in [5.41, 5.74) is 5.69. The molecule has 0 bridgehead atoms. The molecule has 4 aromatic carbocycles. The van der Waals surface area contributed by atoms with Crippen LogP contribution < -0.4 is 19.2 Å². The van der Waals surface area contributed by atoms with Crippen molar-refractivity contribution in [2.24, 2.45) is 5.10 Å². The maximum atomic E-state index is 13.6. The van der Waals surface area contributed by atoms with E-state index in [9.17, 15) is 13.2 Å². The summed E-state index contributed by atoms with van der Waals surface area (Å²) in [7, 11) is -4.07. The van der Waals surface area contributed by atoms with E-state index in [-0.39, 0.29) is 10.6 Å². The van der Waals surface area contributed by atoms with Gasteiger partial charge in [-0.3, -0.25) is 9.10 Å². The molecule has 0 atom stereocenters. The number of nitrogens with zero attached hydrogens (tertiary/aromatic N) is 2. The lowest BCUT2D eigenvalue weighted by atomic mass is 10.2. The van der Waals surface area contributed by atoms with Gasteiger partial charge in [0.25, 0.3) is 15.9 Å². The van der Waals surface area contributed by atoms with Crippen molar-refractivity contribution in [3.8, 4) is 11.5 Å². The van der Waals surface area contributed by atoms with Gasteiger partial charge in [0.2, 0.25) is 0 Å². The van der Waals surface area contributed by atoms with Crippen molar-refractivity contribution in [2.75, 3.05) is 17.5 Å². The molecule has 0 saturated heterocycles. The minimum Gasteiger partial charge on any atom is -0.492 e. The molecular formula is C31H31N3O5S. The van der Waals surface area contributed by atoms with E-state index in [1.165, 1.54) is 23.9 Å². The molecule has 0 fully saturated rings. The fraction of sp³-hybridized carbons (Fsp3) is 0.161. The third kappa shape index (κ3) is 7.48. The average molecular weight is 558 g/mol. The Hall–Kier alpha value is -4.63. The van der Waals surface area contributed by atoms with Crippen LogP contribution in [-0.2, 0) is 21.4 Å². The number of nitrogens with one attached hydrogen (secondary N) is 1. The lowest BCUT2D eigenvalue weighted by molar-refractivity contribution is -0.119. The fourth-order valence-electron chi connectivity index (χ4n) is 3.81. The maximum Gasteiger partial charge on any atom is 0.264 e. The number of aryl methyl sites for hydroxylation is 1. The van der Waals surface area contributed by atoms with Crippen molar-refractivity contribution in [1.29, 1.82) is 0 Å². The van der Waals surface area contributed by atoms with Crippen LogP contribution in [0.2, 0.25) is 0 Å². The molecule has 0 aromatic heterocycles. The van der Waals surface area contributed by atoms with Crippen molar-refractivity contribution >= 4 is 27.8 Å². The van der Waals surface area contributed by atoms with Gasteiger partial charge < -0.3 is 9.47 Å². The molecule has 0 spiro atoms. The summed E-state index contributed by atoms with van der Waals surface area (Å²) in [6.07, 6.45) is 1.48. The number of rotatable bonds is 12. The van der Waals surface area contributed by atoms with Gasteiger partial charge in [0, 0.05) is 0 Å². The van der Waals surface area contributed by atoms with Crippen molar-refractivity contribution in [1.82, 2.24) is 5.43 Å². The highest BCUT2D eigenvalue weighted by atomic mass is 32.2. The van der Waals surface area contributed by atoms with Gasteiger partial charge in [0.15, 0.2) is 0 Å². The third-order valence-corrected chi connectivity index (χ3v) is 7.64. The average Bonchev–Trinajstić information content (AvgIpc) is 2.97. The first kappa shape index (κ1) is 28.4. The largest absolute Gasteiger partial charge is 0.492 e. The molecule has 0 aliphatic carbocycles. The number of para-hydroxylation sites is 2. The highest BCUT2D eigenvalue weighted by molar-refractivity contribution is 7.92. The van der Waals surface area contributed by atoms with Crippen molar-refractivity contribution in [3.63, 3.8) is 0 Å². The summed E-state index contributed by atoms with van der Waals surface area (Å²) in [6, 6.07) is 30.0. The number of benzene rings is 4. The minimum atomic E-state index is -4.07. The van der Waals surface area contributed by atoms with Crippen LogP contribution in [0.15, 0.2) is 113 Å². The highest BCUT2D eigenvalue weighted by Gasteiger charge is 2.29. The number of anilines is 1. The van der Waals surface area contributed by atoms with E-state index in [1.54, 1.807) is 49.4 Å². The van der Waals surface area contributed by atoms with Crippen molar-refractivity contribution in [2.45, 2.75) is 25.3 Å². The van der Waals surface area contributed by atoms with Gasteiger partial charge in [-0.15, -0.1) is 0 Å². The van der Waals surface area contributed by atoms with Crippen molar-refractivity contribution in [3.05, 3.63) is 120 Å². The van der Waals surface area contributed by atoms with Gasteiger partial charge in [-0.2, -0.15) is 5.10 Å². The number of hydrogen-bond donors (Lipinski definition) is 1. The number of carbonyl (C=O) groups excluding carboxylic acids is 1. The Labute approximate surface area is 234 Å². The molecule has 0 aliphatic rings. The highest BCUT2D eigenvalue weighted by Crippen LogP contribution is 2.32. The first-order chi connectivity index (χ1) is 19.4. The standard InChI is InChI=1S/C31H31N3O5S/c1-3-38-30-12-8-7-11-29(30)34(40(36,37)28-9-5-4-6-10-28)22-31(35)33-32-21-25-17-19-27(20-18-25)39-23-26-15-13-24(2)14-16-26/h4-21H,3,22-23H2,1-2H3,(H,33,35)/b32-21-. The second-order valence-electron chi connectivity index (χ2n) is 8.86. The SMILES string of the molecule is CCOc1ccccc1N(CC(=O)N/N=C\c1ccc(OCc2ccc(C)cc2)cc1)S(=O)(=O)c1ccccc1. The van der Waals surface area contributed by atoms with Crippen LogP contribution in [0.1, 0.15) is 23.6 Å². The van der Waals surface area contributed by atoms with E-state index in [0.717, 1.165) is 15.4 Å². The first-order valence-corrected chi connectivity index (χ1v) is 14.2. The van der Waals surface area contributed by atoms with Gasteiger partial charge in [-0.25, -0.2) is 13.8 Å². The molecule has 0 unspecified atom stereocenters. The summed E-state index contributed by atoms with van der Waals surface area (Å²) in [5, 5.41) is 4.02. The number of ether oxygens (including phenoxy) is 2. The monoisotopic (exact) mass is 557 g/mol. The lowest BCUT2D eigenvalue weighted by Gasteiger charge is -2.25. The molecule has 9 heteroatoms. The lowest BCUT2D eigenvalue weighted by Crippen LogP contribution is -2.39. The van der Waals surface area contributed by atoms with E-state index in [1.807, 2.05) is 55.5 Å². The topological polar surface area (TPSA) is 97.3 Å². The minimum absolute atomic E-state index is 0.0577. The van der Waals surface area contributed by atoms with Crippen LogP contribution >= 0.6 is 0 Å². The van der Waals surface area contributed by atoms with E-state index >= 15 is 0 Å². The summed E-state index contributed by atoms with van der Waals surface area (Å²) < 4.78 is 39.6. The molecule has 0 aliphatic heterocycles. The maximum absolute atomic E-state index is 13.6. The Kier molecular flexibility index (Phi) is 9.53. The molecule has 0 radical (unpaired) electrons. The molecule has 0 heterocycles. The predicted molar refractivity (Wildman–Crippen MR) is 156 cm³/mol. The second-order valence-corrected chi connectivity index (χ2v) is 10.7. The van der Waals surface area contributed by atoms with E-state index in [2.05, 4.69) is 10.5 Å². The summed E-state index contributed by atoms with van der Waals surface area (Å²) >= 11 is 0. The molecule has 1 amide bonds. The van der Waals surface area contributed by atoms with Crippen molar-refractivity contribution < 1.29 is 22.7 Å². The Balaban J connectivity index is 1.43. The van der Waals surface area contributed by atoms with E-state index < -0.39 is 22.5 Å². The van der Waals surface area contributed by atoms with E-state index in [0.29, 0.717) is 24.7 Å². The normalized spacial score (nSPS) is 11.2. The molecule has 206 valence electrons. The Morgan fingerprint density at radius 3 is 2.25 bits per heavy atom. The molecular weight excluding hydrogens is 526 g/mol. The smallest absolute Gasteiger partial charge is 0.264 e. The number of hydrogen-bond acceptors (Lipinski definition) is 6. The van der Waals surface area contributed by atoms with Crippen LogP contribution in [0.3, 0.4) is 0 Å². The molecule has 8 nitrogen and oxygen atoms in total. The van der Waals surface area contributed by atoms with Gasteiger partial charge in [0.05, 0.1) is 23.4 Å². The van der Waals surface area contributed by atoms with Gasteiger partial charge in [-0.1, -0.05) is 60.2 Å². The van der Waals surface area contributed by atoms with Crippen LogP contribution in [0.4, 0.5) is 5.69 Å². The molecule has 4 rings (SSSR count). The Morgan fingerprint density at radius 2 is 1.55 bits per heavy atom. The van der Waals surface area contributed by atoms with E-state index in [4.69, 9.17) is 9.47 Å². The first-order valence-electron chi connectivity index (χ1n) is 12.8. The molecule has 1 N–H and O–H groups in total. The summed E-state index contributed by atoms with van der Waals surface area (Å²) in [4.78, 5) is 12.9. The van der Waals surface area contributed by atoms with Crippen LogP contribution in [0.5, 0.6) is 11.5 Å². The zero-order chi connectivity index (χ0) is 28.4. The Morgan fingerprint density at radius 1 is 0.875 bits per heavy atom.